The van der Waals surface area contributed by atoms with Crippen LogP contribution >= 0.6 is 11.3 Å². The van der Waals surface area contributed by atoms with Gasteiger partial charge in [0.25, 0.3) is 6.47 Å². The lowest BCUT2D eigenvalue weighted by molar-refractivity contribution is -0.172. The van der Waals surface area contributed by atoms with Crippen molar-refractivity contribution in [1.82, 2.24) is 20.4 Å². The molecule has 3 aliphatic rings. The number of carboxylic acid groups (broad SMARTS) is 1. The molecule has 0 saturated carbocycles. The first-order valence-corrected chi connectivity index (χ1v) is 10.8. The van der Waals surface area contributed by atoms with Gasteiger partial charge in [-0.1, -0.05) is 11.3 Å². The minimum absolute atomic E-state index is 0.0696. The van der Waals surface area contributed by atoms with Gasteiger partial charge < -0.3 is 29.9 Å². The molecule has 4 heterocycles. The van der Waals surface area contributed by atoms with Gasteiger partial charge in [-0.25, -0.2) is 4.79 Å². The number of anilines is 1. The Kier molecular flexibility index (Phi) is 7.28. The minimum Gasteiger partial charge on any atom is -0.483 e. The molecular weight excluding hydrogens is 430 g/mol. The third-order valence-corrected chi connectivity index (χ3v) is 6.62. The summed E-state index contributed by atoms with van der Waals surface area (Å²) >= 11 is 1.51. The smallest absolute Gasteiger partial charge is 0.410 e. The maximum absolute atomic E-state index is 12.5. The van der Waals surface area contributed by atoms with Crippen LogP contribution < -0.4 is 10.2 Å². The van der Waals surface area contributed by atoms with E-state index in [1.54, 1.807) is 5.51 Å². The fourth-order valence-electron chi connectivity index (χ4n) is 4.24. The second kappa shape index (κ2) is 9.75. The number of cyclic esters (lactones) is 1. The zero-order valence-electron chi connectivity index (χ0n) is 17.2. The van der Waals surface area contributed by atoms with Gasteiger partial charge in [0.1, 0.15) is 24.8 Å². The van der Waals surface area contributed by atoms with Crippen LogP contribution in [0.4, 0.5) is 9.93 Å². The van der Waals surface area contributed by atoms with Gasteiger partial charge in [0, 0.05) is 19.5 Å². The van der Waals surface area contributed by atoms with Gasteiger partial charge in [0.15, 0.2) is 0 Å². The molecule has 2 amide bonds. The van der Waals surface area contributed by atoms with Crippen molar-refractivity contribution < 1.29 is 34.1 Å². The van der Waals surface area contributed by atoms with E-state index in [4.69, 9.17) is 19.4 Å². The van der Waals surface area contributed by atoms with E-state index in [2.05, 4.69) is 20.4 Å². The van der Waals surface area contributed by atoms with Crippen molar-refractivity contribution in [2.24, 2.45) is 0 Å². The van der Waals surface area contributed by atoms with Crippen LogP contribution in [0.3, 0.4) is 0 Å². The Hall–Kier alpha value is -2.51. The van der Waals surface area contributed by atoms with E-state index in [1.165, 1.54) is 16.2 Å². The molecule has 0 unspecified atom stereocenters. The Labute approximate surface area is 183 Å². The van der Waals surface area contributed by atoms with Crippen molar-refractivity contribution in [3.63, 3.8) is 0 Å². The Morgan fingerprint density at radius 1 is 1.42 bits per heavy atom. The van der Waals surface area contributed by atoms with Crippen LogP contribution in [0, 0.1) is 0 Å². The second-order valence-corrected chi connectivity index (χ2v) is 8.81. The topological polar surface area (TPSA) is 154 Å². The maximum Gasteiger partial charge on any atom is 0.410 e. The molecule has 13 heteroatoms. The number of aromatic nitrogens is 2. The highest BCUT2D eigenvalue weighted by atomic mass is 32.1. The van der Waals surface area contributed by atoms with Crippen molar-refractivity contribution in [3.05, 3.63) is 5.51 Å². The molecule has 12 nitrogen and oxygen atoms in total. The first kappa shape index (κ1) is 23.2. The molecule has 0 radical (unpaired) electrons. The van der Waals surface area contributed by atoms with E-state index in [9.17, 15) is 14.7 Å². The SMILES string of the molecule is C[C@@]1(NC(=O)CN2CCOC2=O)CC2(CCN(c3nncs3)CC2)OC[C@H]1O.O=CO. The maximum atomic E-state index is 12.5. The van der Waals surface area contributed by atoms with Crippen LogP contribution in [0.2, 0.25) is 0 Å². The Balaban J connectivity index is 0.000000858. The number of piperidine rings is 1. The average molecular weight is 458 g/mol. The number of nitrogens with one attached hydrogen (secondary N) is 1. The first-order chi connectivity index (χ1) is 14.8. The summed E-state index contributed by atoms with van der Waals surface area (Å²) in [5.74, 6) is -0.302. The van der Waals surface area contributed by atoms with Gasteiger partial charge in [0.05, 0.1) is 24.3 Å². The van der Waals surface area contributed by atoms with Gasteiger partial charge in [-0.3, -0.25) is 14.5 Å². The number of ether oxygens (including phenoxy) is 2. The number of carbonyl (C=O) groups is 3. The summed E-state index contributed by atoms with van der Waals surface area (Å²) in [7, 11) is 0. The number of nitrogens with zero attached hydrogens (tertiary/aromatic N) is 4. The fourth-order valence-corrected chi connectivity index (χ4v) is 4.85. The number of aliphatic hydroxyl groups is 1. The number of hydrogen-bond acceptors (Lipinski definition) is 10. The predicted octanol–water partition coefficient (Wildman–Crippen LogP) is -0.314. The van der Waals surface area contributed by atoms with Gasteiger partial charge >= 0.3 is 6.09 Å². The third-order valence-electron chi connectivity index (χ3n) is 5.87. The number of hydrogen-bond donors (Lipinski definition) is 3. The summed E-state index contributed by atoms with van der Waals surface area (Å²) < 4.78 is 10.9. The zero-order chi connectivity index (χ0) is 22.5. The Morgan fingerprint density at radius 2 is 2.13 bits per heavy atom. The van der Waals surface area contributed by atoms with Crippen LogP contribution in [0.1, 0.15) is 26.2 Å². The Bertz CT molecular complexity index is 771. The molecule has 3 aliphatic heterocycles. The highest BCUT2D eigenvalue weighted by Gasteiger charge is 2.50. The molecular formula is C18H27N5O7S. The number of amides is 2. The van der Waals surface area contributed by atoms with E-state index >= 15 is 0 Å². The molecule has 2 atom stereocenters. The van der Waals surface area contributed by atoms with Crippen LogP contribution in [-0.2, 0) is 19.1 Å². The molecule has 31 heavy (non-hydrogen) atoms. The first-order valence-electron chi connectivity index (χ1n) is 9.94. The van der Waals surface area contributed by atoms with E-state index in [0.29, 0.717) is 19.6 Å². The van der Waals surface area contributed by atoms with E-state index in [1.807, 2.05) is 6.92 Å². The van der Waals surface area contributed by atoms with Crippen LogP contribution in [0.5, 0.6) is 0 Å². The van der Waals surface area contributed by atoms with E-state index in [0.717, 1.165) is 31.1 Å². The molecule has 4 rings (SSSR count). The Morgan fingerprint density at radius 3 is 2.71 bits per heavy atom. The number of carbonyl (C=O) groups excluding carboxylic acids is 2. The quantitative estimate of drug-likeness (QED) is 0.513. The summed E-state index contributed by atoms with van der Waals surface area (Å²) in [5.41, 5.74) is 0.509. The number of rotatable bonds is 4. The molecule has 1 aromatic heterocycles. The van der Waals surface area contributed by atoms with Gasteiger partial charge in [0.2, 0.25) is 11.0 Å². The lowest BCUT2D eigenvalue weighted by Gasteiger charge is -2.52. The lowest BCUT2D eigenvalue weighted by Crippen LogP contribution is -2.66. The van der Waals surface area contributed by atoms with Crippen LogP contribution in [0.15, 0.2) is 5.51 Å². The molecule has 3 fully saturated rings. The van der Waals surface area contributed by atoms with Crippen molar-refractivity contribution in [3.8, 4) is 0 Å². The van der Waals surface area contributed by atoms with Gasteiger partial charge in [-0.2, -0.15) is 0 Å². The van der Waals surface area contributed by atoms with Gasteiger partial charge in [-0.15, -0.1) is 10.2 Å². The predicted molar refractivity (Wildman–Crippen MR) is 109 cm³/mol. The molecule has 1 spiro atoms. The third kappa shape index (κ3) is 5.40. The van der Waals surface area contributed by atoms with Crippen molar-refractivity contribution in [2.75, 3.05) is 44.3 Å². The summed E-state index contributed by atoms with van der Waals surface area (Å²) in [4.78, 5) is 36.0. The average Bonchev–Trinajstić information content (AvgIpc) is 3.39. The standard InChI is InChI=1S/C17H25N5O5S.CH2O2/c1-16(19-13(24)8-22-6-7-26-15(22)25)10-17(27-9-12(16)23)2-4-21(5-3-17)14-20-18-11-28-14;2-1-3/h11-12,23H,2-10H2,1H3,(H,19,24);1H,(H,2,3)/t12-,16-;/m1./s1. The summed E-state index contributed by atoms with van der Waals surface area (Å²) in [6.07, 6.45) is 0.787. The van der Waals surface area contributed by atoms with E-state index < -0.39 is 23.3 Å². The monoisotopic (exact) mass is 457 g/mol. The minimum atomic E-state index is -0.816. The molecule has 0 aromatic carbocycles. The highest BCUT2D eigenvalue weighted by Crippen LogP contribution is 2.40. The fraction of sp³-hybridized carbons (Fsp3) is 0.722. The molecule has 0 aliphatic carbocycles. The molecule has 172 valence electrons. The summed E-state index contributed by atoms with van der Waals surface area (Å²) in [5, 5.41) is 29.3. The van der Waals surface area contributed by atoms with E-state index in [-0.39, 0.29) is 25.5 Å². The zero-order valence-corrected chi connectivity index (χ0v) is 18.0. The summed E-state index contributed by atoms with van der Waals surface area (Å²) in [6, 6.07) is 0. The highest BCUT2D eigenvalue weighted by molar-refractivity contribution is 7.13. The largest absolute Gasteiger partial charge is 0.483 e. The van der Waals surface area contributed by atoms with Crippen LogP contribution in [-0.4, -0.2) is 100 Å². The van der Waals surface area contributed by atoms with Crippen molar-refractivity contribution >= 4 is 34.9 Å². The van der Waals surface area contributed by atoms with Crippen LogP contribution in [0.25, 0.3) is 0 Å². The second-order valence-electron chi connectivity index (χ2n) is 8.00. The molecule has 3 N–H and O–H groups in total. The lowest BCUT2D eigenvalue weighted by atomic mass is 9.74. The normalized spacial score (nSPS) is 27.3. The van der Waals surface area contributed by atoms with Crippen molar-refractivity contribution in [2.45, 2.75) is 43.4 Å². The number of aliphatic hydroxyl groups excluding tert-OH is 1. The molecule has 1 aromatic rings. The van der Waals surface area contributed by atoms with Crippen molar-refractivity contribution in [1.29, 1.82) is 0 Å². The van der Waals surface area contributed by atoms with Gasteiger partial charge in [-0.05, 0) is 19.8 Å². The molecule has 3 saturated heterocycles. The summed E-state index contributed by atoms with van der Waals surface area (Å²) in [6.45, 7) is 3.97. The molecule has 0 bridgehead atoms.